The van der Waals surface area contributed by atoms with Crippen molar-refractivity contribution in [2.45, 2.75) is 26.7 Å². The third kappa shape index (κ3) is 2.75. The van der Waals surface area contributed by atoms with Crippen molar-refractivity contribution in [3.8, 4) is 0 Å². The molecule has 0 atom stereocenters. The number of H-pyrrole nitrogens is 1. The fraction of sp³-hybridized carbons (Fsp3) is 0.316. The SMILES string of the molecule is Cc1n[nH]c(=O)c2c(NC(=O)CN3CCCc4ccccc43)oc(C)c12. The number of nitrogens with one attached hydrogen (secondary N) is 2. The average molecular weight is 352 g/mol. The molecule has 0 spiro atoms. The number of furan rings is 1. The van der Waals surface area contributed by atoms with Gasteiger partial charge < -0.3 is 9.32 Å². The van der Waals surface area contributed by atoms with E-state index in [1.807, 2.05) is 18.2 Å². The van der Waals surface area contributed by atoms with Crippen LogP contribution in [0.3, 0.4) is 0 Å². The Morgan fingerprint density at radius 2 is 2.12 bits per heavy atom. The number of benzene rings is 1. The first-order valence-electron chi connectivity index (χ1n) is 8.65. The van der Waals surface area contributed by atoms with Gasteiger partial charge in [0.1, 0.15) is 11.1 Å². The molecule has 1 aromatic carbocycles. The molecule has 134 valence electrons. The van der Waals surface area contributed by atoms with E-state index in [-0.39, 0.29) is 23.9 Å². The molecule has 7 heteroatoms. The van der Waals surface area contributed by atoms with Crippen molar-refractivity contribution in [2.24, 2.45) is 0 Å². The fourth-order valence-electron chi connectivity index (χ4n) is 3.65. The number of hydrogen-bond acceptors (Lipinski definition) is 5. The first kappa shape index (κ1) is 16.4. The molecule has 1 amide bonds. The summed E-state index contributed by atoms with van der Waals surface area (Å²) in [4.78, 5) is 26.8. The van der Waals surface area contributed by atoms with Crippen LogP contribution in [0, 0.1) is 13.8 Å². The molecule has 0 bridgehead atoms. The van der Waals surface area contributed by atoms with Crippen LogP contribution in [0.2, 0.25) is 0 Å². The van der Waals surface area contributed by atoms with E-state index >= 15 is 0 Å². The molecule has 0 aliphatic carbocycles. The van der Waals surface area contributed by atoms with Gasteiger partial charge in [0.15, 0.2) is 0 Å². The summed E-state index contributed by atoms with van der Waals surface area (Å²) in [6, 6.07) is 8.13. The molecule has 0 saturated heterocycles. The number of aromatic amines is 1. The molecule has 3 aromatic rings. The highest BCUT2D eigenvalue weighted by Crippen LogP contribution is 2.29. The smallest absolute Gasteiger partial charge is 0.277 e. The third-order valence-corrected chi connectivity index (χ3v) is 4.79. The lowest BCUT2D eigenvalue weighted by Crippen LogP contribution is -2.36. The van der Waals surface area contributed by atoms with E-state index in [4.69, 9.17) is 4.42 Å². The summed E-state index contributed by atoms with van der Waals surface area (Å²) < 4.78 is 5.65. The molecule has 3 heterocycles. The summed E-state index contributed by atoms with van der Waals surface area (Å²) in [6.07, 6.45) is 2.04. The van der Waals surface area contributed by atoms with Gasteiger partial charge in [0, 0.05) is 12.2 Å². The Labute approximate surface area is 150 Å². The van der Waals surface area contributed by atoms with E-state index in [0.717, 1.165) is 25.1 Å². The van der Waals surface area contributed by atoms with Crippen LogP contribution in [0.5, 0.6) is 0 Å². The van der Waals surface area contributed by atoms with Gasteiger partial charge in [-0.3, -0.25) is 14.9 Å². The lowest BCUT2D eigenvalue weighted by molar-refractivity contribution is -0.115. The number of para-hydroxylation sites is 1. The maximum Gasteiger partial charge on any atom is 0.277 e. The van der Waals surface area contributed by atoms with Crippen LogP contribution in [0.15, 0.2) is 33.5 Å². The number of anilines is 2. The zero-order valence-corrected chi connectivity index (χ0v) is 14.8. The number of carbonyl (C=O) groups is 1. The second kappa shape index (κ2) is 6.33. The van der Waals surface area contributed by atoms with Gasteiger partial charge in [-0.2, -0.15) is 5.10 Å². The maximum absolute atomic E-state index is 12.6. The zero-order valence-electron chi connectivity index (χ0n) is 14.8. The van der Waals surface area contributed by atoms with Gasteiger partial charge in [0.05, 0.1) is 17.6 Å². The molecule has 0 saturated carbocycles. The average Bonchev–Trinajstić information content (AvgIpc) is 2.96. The minimum absolute atomic E-state index is 0.180. The van der Waals surface area contributed by atoms with Gasteiger partial charge in [0.25, 0.3) is 5.56 Å². The Kier molecular flexibility index (Phi) is 3.99. The highest BCUT2D eigenvalue weighted by molar-refractivity contribution is 6.02. The molecule has 4 rings (SSSR count). The monoisotopic (exact) mass is 352 g/mol. The molecule has 2 aromatic heterocycles. The molecule has 26 heavy (non-hydrogen) atoms. The van der Waals surface area contributed by atoms with E-state index in [9.17, 15) is 9.59 Å². The van der Waals surface area contributed by atoms with Crippen molar-refractivity contribution in [1.29, 1.82) is 0 Å². The van der Waals surface area contributed by atoms with Crippen LogP contribution in [-0.2, 0) is 11.2 Å². The van der Waals surface area contributed by atoms with E-state index in [2.05, 4.69) is 26.5 Å². The highest BCUT2D eigenvalue weighted by Gasteiger charge is 2.22. The Morgan fingerprint density at radius 3 is 2.96 bits per heavy atom. The van der Waals surface area contributed by atoms with E-state index in [0.29, 0.717) is 22.2 Å². The molecule has 2 N–H and O–H groups in total. The minimum atomic E-state index is -0.374. The molecule has 1 aliphatic rings. The standard InChI is InChI=1S/C19H20N4O3/c1-11-16-12(2)26-19(17(16)18(25)22-21-11)20-15(24)10-23-9-5-7-13-6-3-4-8-14(13)23/h3-4,6,8H,5,7,9-10H2,1-2H3,(H,20,24)(H,22,25). The van der Waals surface area contributed by atoms with Crippen LogP contribution in [0.1, 0.15) is 23.4 Å². The molecule has 0 radical (unpaired) electrons. The van der Waals surface area contributed by atoms with Crippen LogP contribution >= 0.6 is 0 Å². The summed E-state index contributed by atoms with van der Waals surface area (Å²) in [5, 5.41) is 10.1. The lowest BCUT2D eigenvalue weighted by Gasteiger charge is -2.30. The van der Waals surface area contributed by atoms with Gasteiger partial charge in [0.2, 0.25) is 11.8 Å². The summed E-state index contributed by atoms with van der Waals surface area (Å²) in [5.41, 5.74) is 2.63. The predicted octanol–water partition coefficient (Wildman–Crippen LogP) is 2.52. The Hall–Kier alpha value is -3.09. The zero-order chi connectivity index (χ0) is 18.3. The van der Waals surface area contributed by atoms with Crippen molar-refractivity contribution in [2.75, 3.05) is 23.3 Å². The Bertz CT molecular complexity index is 1050. The predicted molar refractivity (Wildman–Crippen MR) is 99.7 cm³/mol. The molecule has 0 unspecified atom stereocenters. The number of fused-ring (bicyclic) bond motifs is 2. The Balaban J connectivity index is 1.60. The highest BCUT2D eigenvalue weighted by atomic mass is 16.4. The fourth-order valence-corrected chi connectivity index (χ4v) is 3.65. The number of rotatable bonds is 3. The first-order chi connectivity index (χ1) is 12.5. The number of carbonyl (C=O) groups excluding carboxylic acids is 1. The van der Waals surface area contributed by atoms with Crippen LogP contribution in [-0.4, -0.2) is 29.2 Å². The third-order valence-electron chi connectivity index (χ3n) is 4.79. The second-order valence-electron chi connectivity index (χ2n) is 6.58. The number of aromatic nitrogens is 2. The minimum Gasteiger partial charge on any atom is -0.444 e. The second-order valence-corrected chi connectivity index (χ2v) is 6.58. The largest absolute Gasteiger partial charge is 0.444 e. The van der Waals surface area contributed by atoms with E-state index in [1.54, 1.807) is 13.8 Å². The van der Waals surface area contributed by atoms with Crippen LogP contribution in [0.4, 0.5) is 11.6 Å². The van der Waals surface area contributed by atoms with E-state index < -0.39 is 0 Å². The molecule has 1 aliphatic heterocycles. The van der Waals surface area contributed by atoms with Crippen molar-refractivity contribution in [1.82, 2.24) is 10.2 Å². The lowest BCUT2D eigenvalue weighted by atomic mass is 10.0. The van der Waals surface area contributed by atoms with Gasteiger partial charge in [-0.05, 0) is 38.3 Å². The number of nitrogens with zero attached hydrogens (tertiary/aromatic N) is 2. The van der Waals surface area contributed by atoms with Gasteiger partial charge >= 0.3 is 0 Å². The summed E-state index contributed by atoms with van der Waals surface area (Å²) in [6.45, 7) is 4.58. The maximum atomic E-state index is 12.6. The number of aryl methyl sites for hydroxylation is 3. The normalized spacial score (nSPS) is 13.7. The van der Waals surface area contributed by atoms with Gasteiger partial charge in [-0.15, -0.1) is 0 Å². The molecular formula is C19H20N4O3. The van der Waals surface area contributed by atoms with Crippen LogP contribution in [0.25, 0.3) is 10.8 Å². The van der Waals surface area contributed by atoms with Gasteiger partial charge in [-0.25, -0.2) is 5.10 Å². The van der Waals surface area contributed by atoms with E-state index in [1.165, 1.54) is 5.56 Å². The topological polar surface area (TPSA) is 91.2 Å². The van der Waals surface area contributed by atoms with Crippen molar-refractivity contribution < 1.29 is 9.21 Å². The summed E-state index contributed by atoms with van der Waals surface area (Å²) in [7, 11) is 0. The first-order valence-corrected chi connectivity index (χ1v) is 8.65. The van der Waals surface area contributed by atoms with Crippen LogP contribution < -0.4 is 15.8 Å². The van der Waals surface area contributed by atoms with Gasteiger partial charge in [-0.1, -0.05) is 18.2 Å². The summed E-state index contributed by atoms with van der Waals surface area (Å²) >= 11 is 0. The quantitative estimate of drug-likeness (QED) is 0.756. The van der Waals surface area contributed by atoms with Crippen molar-refractivity contribution >= 4 is 28.3 Å². The van der Waals surface area contributed by atoms with Crippen molar-refractivity contribution in [3.05, 3.63) is 51.6 Å². The number of hydrogen-bond donors (Lipinski definition) is 2. The number of amides is 1. The molecular weight excluding hydrogens is 332 g/mol. The molecule has 0 fully saturated rings. The summed E-state index contributed by atoms with van der Waals surface area (Å²) in [5.74, 6) is 0.528. The Morgan fingerprint density at radius 1 is 1.31 bits per heavy atom. The van der Waals surface area contributed by atoms with Crippen molar-refractivity contribution in [3.63, 3.8) is 0 Å². The molecule has 7 nitrogen and oxygen atoms in total.